The number of amides is 2. The summed E-state index contributed by atoms with van der Waals surface area (Å²) < 4.78 is 0. The van der Waals surface area contributed by atoms with Crippen molar-refractivity contribution in [3.63, 3.8) is 0 Å². The van der Waals surface area contributed by atoms with Gasteiger partial charge in [0, 0.05) is 19.0 Å². The Kier molecular flexibility index (Phi) is 6.04. The van der Waals surface area contributed by atoms with Crippen LogP contribution in [0.4, 0.5) is 0 Å². The van der Waals surface area contributed by atoms with E-state index in [0.29, 0.717) is 6.04 Å². The van der Waals surface area contributed by atoms with Crippen molar-refractivity contribution in [2.75, 3.05) is 13.6 Å². The van der Waals surface area contributed by atoms with E-state index in [1.54, 1.807) is 0 Å². The average molecular weight is 323 g/mol. The van der Waals surface area contributed by atoms with E-state index in [1.807, 2.05) is 11.9 Å². The quantitative estimate of drug-likeness (QED) is 0.642. The first-order chi connectivity index (χ1) is 10.9. The topological polar surface area (TPSA) is 95.7 Å². The molecule has 130 valence electrons. The van der Waals surface area contributed by atoms with E-state index in [1.165, 1.54) is 6.42 Å². The lowest BCUT2D eigenvalue weighted by Gasteiger charge is -2.38. The van der Waals surface area contributed by atoms with Gasteiger partial charge in [0.05, 0.1) is 12.6 Å². The van der Waals surface area contributed by atoms with E-state index in [9.17, 15) is 9.59 Å². The summed E-state index contributed by atoms with van der Waals surface area (Å²) in [5.74, 6) is 0.0437. The first-order valence-electron chi connectivity index (χ1n) is 8.57. The summed E-state index contributed by atoms with van der Waals surface area (Å²) >= 11 is 0. The third-order valence-electron chi connectivity index (χ3n) is 5.37. The molecule has 0 bridgehead atoms. The van der Waals surface area contributed by atoms with E-state index in [2.05, 4.69) is 11.9 Å². The average Bonchev–Trinajstić information content (AvgIpc) is 2.49. The fourth-order valence-electron chi connectivity index (χ4n) is 3.46. The summed E-state index contributed by atoms with van der Waals surface area (Å²) in [5.41, 5.74) is 6.19. The SMILES string of the molecule is C=C(O)CNC(=O)C1CCC([C@H](N)C(=O)N(C)C2CCC2)CC1. The summed E-state index contributed by atoms with van der Waals surface area (Å²) in [6.07, 6.45) is 6.42. The van der Waals surface area contributed by atoms with Gasteiger partial charge in [-0.1, -0.05) is 6.58 Å². The molecule has 23 heavy (non-hydrogen) atoms. The summed E-state index contributed by atoms with van der Waals surface area (Å²) in [6, 6.07) is -0.0934. The van der Waals surface area contributed by atoms with Gasteiger partial charge in [-0.15, -0.1) is 0 Å². The number of carbonyl (C=O) groups is 2. The molecule has 1 atom stereocenters. The van der Waals surface area contributed by atoms with Crippen molar-refractivity contribution < 1.29 is 14.7 Å². The number of hydrogen-bond acceptors (Lipinski definition) is 4. The minimum absolute atomic E-state index is 0.0409. The molecule has 2 rings (SSSR count). The van der Waals surface area contributed by atoms with Crippen LogP contribution in [0.15, 0.2) is 12.3 Å². The molecule has 6 nitrogen and oxygen atoms in total. The van der Waals surface area contributed by atoms with Crippen molar-refractivity contribution in [3.05, 3.63) is 12.3 Å². The van der Waals surface area contributed by atoms with Crippen molar-refractivity contribution in [3.8, 4) is 0 Å². The summed E-state index contributed by atoms with van der Waals surface area (Å²) in [6.45, 7) is 3.45. The molecule has 0 aromatic rings. The van der Waals surface area contributed by atoms with Crippen LogP contribution < -0.4 is 11.1 Å². The predicted molar refractivity (Wildman–Crippen MR) is 88.6 cm³/mol. The van der Waals surface area contributed by atoms with Gasteiger partial charge in [-0.05, 0) is 50.9 Å². The lowest BCUT2D eigenvalue weighted by molar-refractivity contribution is -0.136. The molecule has 0 spiro atoms. The molecule has 2 fully saturated rings. The van der Waals surface area contributed by atoms with Crippen molar-refractivity contribution in [1.29, 1.82) is 0 Å². The Bertz CT molecular complexity index is 454. The Morgan fingerprint density at radius 1 is 1.26 bits per heavy atom. The maximum atomic E-state index is 12.5. The maximum absolute atomic E-state index is 12.5. The van der Waals surface area contributed by atoms with Gasteiger partial charge in [-0.3, -0.25) is 9.59 Å². The van der Waals surface area contributed by atoms with Gasteiger partial charge < -0.3 is 21.1 Å². The zero-order chi connectivity index (χ0) is 17.0. The van der Waals surface area contributed by atoms with Crippen LogP contribution in [0.25, 0.3) is 0 Å². The second-order valence-corrected chi connectivity index (χ2v) is 6.96. The lowest BCUT2D eigenvalue weighted by atomic mass is 9.77. The van der Waals surface area contributed by atoms with Crippen molar-refractivity contribution in [2.45, 2.75) is 57.0 Å². The van der Waals surface area contributed by atoms with Gasteiger partial charge in [-0.25, -0.2) is 0 Å². The van der Waals surface area contributed by atoms with Crippen molar-refractivity contribution >= 4 is 11.8 Å². The van der Waals surface area contributed by atoms with Crippen LogP contribution in [-0.2, 0) is 9.59 Å². The number of nitrogens with zero attached hydrogens (tertiary/aromatic N) is 1. The van der Waals surface area contributed by atoms with Gasteiger partial charge in [-0.2, -0.15) is 0 Å². The Hall–Kier alpha value is -1.56. The second-order valence-electron chi connectivity index (χ2n) is 6.96. The smallest absolute Gasteiger partial charge is 0.239 e. The van der Waals surface area contributed by atoms with Crippen LogP contribution in [0, 0.1) is 11.8 Å². The molecule has 2 aliphatic rings. The Balaban J connectivity index is 1.77. The standard InChI is InChI=1S/C17H29N3O3/c1-11(21)10-19-16(22)13-8-6-12(7-9-13)15(18)17(23)20(2)14-4-3-5-14/h12-15,21H,1,3-10,18H2,2H3,(H,19,22)/t12?,13?,15-/m0/s1. The minimum atomic E-state index is -0.457. The van der Waals surface area contributed by atoms with E-state index < -0.39 is 6.04 Å². The monoisotopic (exact) mass is 323 g/mol. The molecule has 2 amide bonds. The Labute approximate surface area is 138 Å². The summed E-state index contributed by atoms with van der Waals surface area (Å²) in [7, 11) is 1.85. The van der Waals surface area contributed by atoms with Gasteiger partial charge in [0.1, 0.15) is 5.76 Å². The summed E-state index contributed by atoms with van der Waals surface area (Å²) in [5, 5.41) is 11.7. The van der Waals surface area contributed by atoms with Gasteiger partial charge in [0.15, 0.2) is 0 Å². The number of rotatable bonds is 6. The van der Waals surface area contributed by atoms with Crippen molar-refractivity contribution in [1.82, 2.24) is 10.2 Å². The van der Waals surface area contributed by atoms with Crippen LogP contribution in [0.2, 0.25) is 0 Å². The third kappa shape index (κ3) is 4.47. The largest absolute Gasteiger partial charge is 0.511 e. The van der Waals surface area contributed by atoms with Crippen LogP contribution in [0.5, 0.6) is 0 Å². The van der Waals surface area contributed by atoms with Crippen LogP contribution in [-0.4, -0.2) is 47.5 Å². The third-order valence-corrected chi connectivity index (χ3v) is 5.37. The normalized spacial score (nSPS) is 26.0. The number of hydrogen-bond donors (Lipinski definition) is 3. The van der Waals surface area contributed by atoms with Crippen LogP contribution >= 0.6 is 0 Å². The van der Waals surface area contributed by atoms with Crippen LogP contribution in [0.3, 0.4) is 0 Å². The van der Waals surface area contributed by atoms with Gasteiger partial charge in [0.2, 0.25) is 11.8 Å². The number of carbonyl (C=O) groups excluding carboxylic acids is 2. The first kappa shape index (κ1) is 17.8. The molecular formula is C17H29N3O3. The van der Waals surface area contributed by atoms with E-state index in [0.717, 1.165) is 38.5 Å². The minimum Gasteiger partial charge on any atom is -0.511 e. The van der Waals surface area contributed by atoms with Crippen LogP contribution in [0.1, 0.15) is 44.9 Å². The van der Waals surface area contributed by atoms with Gasteiger partial charge in [0.25, 0.3) is 0 Å². The molecular weight excluding hydrogens is 294 g/mol. The molecule has 0 aliphatic heterocycles. The highest BCUT2D eigenvalue weighted by Gasteiger charge is 2.35. The molecule has 0 unspecified atom stereocenters. The fourth-order valence-corrected chi connectivity index (χ4v) is 3.46. The van der Waals surface area contributed by atoms with Crippen molar-refractivity contribution in [2.24, 2.45) is 17.6 Å². The molecule has 0 heterocycles. The fraction of sp³-hybridized carbons (Fsp3) is 0.765. The molecule has 4 N–H and O–H groups in total. The number of nitrogens with one attached hydrogen (secondary N) is 1. The zero-order valence-electron chi connectivity index (χ0n) is 14.0. The summed E-state index contributed by atoms with van der Waals surface area (Å²) in [4.78, 5) is 26.3. The molecule has 0 aromatic carbocycles. The lowest BCUT2D eigenvalue weighted by Crippen LogP contribution is -2.52. The molecule has 2 saturated carbocycles. The first-order valence-corrected chi connectivity index (χ1v) is 8.57. The molecule has 2 aliphatic carbocycles. The van der Waals surface area contributed by atoms with E-state index in [-0.39, 0.29) is 36.0 Å². The zero-order valence-corrected chi connectivity index (χ0v) is 14.0. The molecule has 0 saturated heterocycles. The highest BCUT2D eigenvalue weighted by Crippen LogP contribution is 2.32. The number of likely N-dealkylation sites (N-methyl/N-ethyl adjacent to an activating group) is 1. The predicted octanol–water partition coefficient (Wildman–Crippen LogP) is 1.32. The van der Waals surface area contributed by atoms with E-state index >= 15 is 0 Å². The Morgan fingerprint density at radius 3 is 2.35 bits per heavy atom. The second kappa shape index (κ2) is 7.81. The maximum Gasteiger partial charge on any atom is 0.239 e. The molecule has 0 aromatic heterocycles. The van der Waals surface area contributed by atoms with E-state index in [4.69, 9.17) is 10.8 Å². The number of aliphatic hydroxyl groups is 1. The number of aliphatic hydroxyl groups excluding tert-OH is 1. The number of nitrogens with two attached hydrogens (primary N) is 1. The highest BCUT2D eigenvalue weighted by atomic mass is 16.3. The molecule has 0 radical (unpaired) electrons. The van der Waals surface area contributed by atoms with Gasteiger partial charge >= 0.3 is 0 Å². The highest BCUT2D eigenvalue weighted by molar-refractivity contribution is 5.82. The Morgan fingerprint density at radius 2 is 1.87 bits per heavy atom. The molecule has 6 heteroatoms.